The number of amides is 1. The standard InChI is InChI=1S/C19H16N2O4/c1-12(22)15-7-9-17(10-8-15)21-18(23)13(2)25-19(24)16-5-3-14(11-20)4-6-16/h3-10,13H,1-2H3,(H,21,23)/t13-/m0/s1. The predicted molar refractivity (Wildman–Crippen MR) is 91.1 cm³/mol. The van der Waals surface area contributed by atoms with Gasteiger partial charge in [-0.05, 0) is 62.4 Å². The zero-order valence-electron chi connectivity index (χ0n) is 13.8. The van der Waals surface area contributed by atoms with Gasteiger partial charge in [0.2, 0.25) is 0 Å². The second-order valence-electron chi connectivity index (χ2n) is 5.36. The van der Waals surface area contributed by atoms with Crippen LogP contribution in [-0.2, 0) is 9.53 Å². The summed E-state index contributed by atoms with van der Waals surface area (Å²) in [6.07, 6.45) is -1.00. The van der Waals surface area contributed by atoms with Crippen LogP contribution in [0.25, 0.3) is 0 Å². The summed E-state index contributed by atoms with van der Waals surface area (Å²) in [6.45, 7) is 2.92. The molecule has 0 aliphatic carbocycles. The summed E-state index contributed by atoms with van der Waals surface area (Å²) in [5.74, 6) is -1.21. The minimum Gasteiger partial charge on any atom is -0.449 e. The first kappa shape index (κ1) is 17.9. The molecule has 2 aromatic carbocycles. The first-order valence-electron chi connectivity index (χ1n) is 7.53. The van der Waals surface area contributed by atoms with E-state index in [0.29, 0.717) is 16.8 Å². The molecule has 25 heavy (non-hydrogen) atoms. The molecule has 1 amide bonds. The number of hydrogen-bond acceptors (Lipinski definition) is 5. The Balaban J connectivity index is 1.96. The zero-order chi connectivity index (χ0) is 18.4. The largest absolute Gasteiger partial charge is 0.449 e. The van der Waals surface area contributed by atoms with E-state index < -0.39 is 18.0 Å². The number of esters is 1. The van der Waals surface area contributed by atoms with Crippen LogP contribution in [0.5, 0.6) is 0 Å². The van der Waals surface area contributed by atoms with Gasteiger partial charge < -0.3 is 10.1 Å². The Labute approximate surface area is 145 Å². The first-order chi connectivity index (χ1) is 11.9. The number of Topliss-reactive ketones (excluding diaryl/α,β-unsaturated/α-hetero) is 1. The summed E-state index contributed by atoms with van der Waals surface area (Å²) in [5, 5.41) is 11.3. The monoisotopic (exact) mass is 336 g/mol. The highest BCUT2D eigenvalue weighted by Gasteiger charge is 2.19. The molecule has 6 heteroatoms. The van der Waals surface area contributed by atoms with Gasteiger partial charge in [0, 0.05) is 11.3 Å². The van der Waals surface area contributed by atoms with Gasteiger partial charge in [-0.1, -0.05) is 0 Å². The number of carbonyl (C=O) groups excluding carboxylic acids is 3. The van der Waals surface area contributed by atoms with Crippen molar-refractivity contribution >= 4 is 23.3 Å². The smallest absolute Gasteiger partial charge is 0.338 e. The fourth-order valence-corrected chi connectivity index (χ4v) is 2.00. The minimum absolute atomic E-state index is 0.0670. The van der Waals surface area contributed by atoms with E-state index in [1.54, 1.807) is 24.3 Å². The average molecular weight is 336 g/mol. The van der Waals surface area contributed by atoms with Gasteiger partial charge in [-0.25, -0.2) is 4.79 Å². The van der Waals surface area contributed by atoms with E-state index in [0.717, 1.165) is 0 Å². The van der Waals surface area contributed by atoms with Gasteiger partial charge in [0.25, 0.3) is 5.91 Å². The minimum atomic E-state index is -1.00. The molecule has 0 fully saturated rings. The molecule has 0 aliphatic rings. The molecule has 0 saturated heterocycles. The van der Waals surface area contributed by atoms with E-state index in [4.69, 9.17) is 10.00 Å². The molecular weight excluding hydrogens is 320 g/mol. The number of rotatable bonds is 5. The number of ketones is 1. The predicted octanol–water partition coefficient (Wildman–Crippen LogP) is 2.94. The highest BCUT2D eigenvalue weighted by Crippen LogP contribution is 2.12. The molecular formula is C19H16N2O4. The number of benzene rings is 2. The van der Waals surface area contributed by atoms with E-state index in [1.807, 2.05) is 6.07 Å². The van der Waals surface area contributed by atoms with Crippen molar-refractivity contribution in [3.63, 3.8) is 0 Å². The summed E-state index contributed by atoms with van der Waals surface area (Å²) >= 11 is 0. The summed E-state index contributed by atoms with van der Waals surface area (Å²) in [6, 6.07) is 14.3. The van der Waals surface area contributed by atoms with Crippen LogP contribution in [0.2, 0.25) is 0 Å². The van der Waals surface area contributed by atoms with Crippen molar-refractivity contribution in [1.29, 1.82) is 5.26 Å². The van der Waals surface area contributed by atoms with E-state index >= 15 is 0 Å². The maximum absolute atomic E-state index is 12.1. The molecule has 0 heterocycles. The molecule has 1 N–H and O–H groups in total. The number of nitriles is 1. The Morgan fingerprint density at radius 2 is 1.56 bits per heavy atom. The summed E-state index contributed by atoms with van der Waals surface area (Å²) < 4.78 is 5.12. The summed E-state index contributed by atoms with van der Waals surface area (Å²) in [4.78, 5) is 35.3. The fraction of sp³-hybridized carbons (Fsp3) is 0.158. The molecule has 0 spiro atoms. The van der Waals surface area contributed by atoms with Crippen molar-refractivity contribution < 1.29 is 19.1 Å². The van der Waals surface area contributed by atoms with Crippen LogP contribution in [0.1, 0.15) is 40.1 Å². The molecule has 0 unspecified atom stereocenters. The Hall–Kier alpha value is -3.46. The molecule has 6 nitrogen and oxygen atoms in total. The van der Waals surface area contributed by atoms with Crippen molar-refractivity contribution in [1.82, 2.24) is 0 Å². The highest BCUT2D eigenvalue weighted by molar-refractivity contribution is 5.98. The molecule has 2 aromatic rings. The molecule has 2 rings (SSSR count). The second kappa shape index (κ2) is 7.88. The fourth-order valence-electron chi connectivity index (χ4n) is 2.00. The van der Waals surface area contributed by atoms with E-state index in [2.05, 4.69) is 5.32 Å². The number of hydrogen-bond donors (Lipinski definition) is 1. The molecule has 0 aromatic heterocycles. The number of nitrogens with one attached hydrogen (secondary N) is 1. The van der Waals surface area contributed by atoms with Gasteiger partial charge in [-0.2, -0.15) is 5.26 Å². The van der Waals surface area contributed by atoms with Crippen LogP contribution in [0.15, 0.2) is 48.5 Å². The van der Waals surface area contributed by atoms with E-state index in [1.165, 1.54) is 38.1 Å². The van der Waals surface area contributed by atoms with Gasteiger partial charge in [-0.15, -0.1) is 0 Å². The van der Waals surface area contributed by atoms with Crippen LogP contribution >= 0.6 is 0 Å². The van der Waals surface area contributed by atoms with E-state index in [-0.39, 0.29) is 11.3 Å². The Morgan fingerprint density at radius 3 is 2.08 bits per heavy atom. The highest BCUT2D eigenvalue weighted by atomic mass is 16.5. The number of nitrogens with zero attached hydrogens (tertiary/aromatic N) is 1. The van der Waals surface area contributed by atoms with Crippen molar-refractivity contribution in [3.8, 4) is 6.07 Å². The van der Waals surface area contributed by atoms with Crippen LogP contribution in [-0.4, -0.2) is 23.8 Å². The molecule has 0 saturated carbocycles. The third-order valence-electron chi connectivity index (χ3n) is 3.46. The Bertz CT molecular complexity index is 833. The Morgan fingerprint density at radius 1 is 1.00 bits per heavy atom. The third kappa shape index (κ3) is 4.75. The maximum atomic E-state index is 12.1. The van der Waals surface area contributed by atoms with Crippen LogP contribution < -0.4 is 5.32 Å². The van der Waals surface area contributed by atoms with Crippen LogP contribution in [0, 0.1) is 11.3 Å². The lowest BCUT2D eigenvalue weighted by Crippen LogP contribution is -2.30. The van der Waals surface area contributed by atoms with Crippen molar-refractivity contribution in [3.05, 3.63) is 65.2 Å². The normalized spacial score (nSPS) is 11.1. The molecule has 1 atom stereocenters. The quantitative estimate of drug-likeness (QED) is 0.669. The van der Waals surface area contributed by atoms with Crippen LogP contribution in [0.3, 0.4) is 0 Å². The summed E-state index contributed by atoms with van der Waals surface area (Å²) in [7, 11) is 0. The van der Waals surface area contributed by atoms with Crippen molar-refractivity contribution in [2.45, 2.75) is 20.0 Å². The lowest BCUT2D eigenvalue weighted by Gasteiger charge is -2.13. The third-order valence-corrected chi connectivity index (χ3v) is 3.46. The number of anilines is 1. The second-order valence-corrected chi connectivity index (χ2v) is 5.36. The summed E-state index contributed by atoms with van der Waals surface area (Å²) in [5.41, 5.74) is 1.72. The van der Waals surface area contributed by atoms with Gasteiger partial charge in [0.1, 0.15) is 0 Å². The van der Waals surface area contributed by atoms with E-state index in [9.17, 15) is 14.4 Å². The SMILES string of the molecule is CC(=O)c1ccc(NC(=O)[C@H](C)OC(=O)c2ccc(C#N)cc2)cc1. The van der Waals surface area contributed by atoms with Gasteiger partial charge in [0.15, 0.2) is 11.9 Å². The van der Waals surface area contributed by atoms with Gasteiger partial charge in [0.05, 0.1) is 17.2 Å². The lowest BCUT2D eigenvalue weighted by atomic mass is 10.1. The molecule has 0 radical (unpaired) electrons. The van der Waals surface area contributed by atoms with Gasteiger partial charge in [-0.3, -0.25) is 9.59 Å². The van der Waals surface area contributed by atoms with Crippen molar-refractivity contribution in [2.75, 3.05) is 5.32 Å². The average Bonchev–Trinajstić information content (AvgIpc) is 2.62. The van der Waals surface area contributed by atoms with Gasteiger partial charge >= 0.3 is 5.97 Å². The van der Waals surface area contributed by atoms with Crippen molar-refractivity contribution in [2.24, 2.45) is 0 Å². The Kier molecular flexibility index (Phi) is 5.64. The zero-order valence-corrected chi connectivity index (χ0v) is 13.8. The molecule has 0 aliphatic heterocycles. The van der Waals surface area contributed by atoms with Crippen LogP contribution in [0.4, 0.5) is 5.69 Å². The molecule has 126 valence electrons. The maximum Gasteiger partial charge on any atom is 0.338 e. The number of ether oxygens (including phenoxy) is 1. The lowest BCUT2D eigenvalue weighted by molar-refractivity contribution is -0.123. The first-order valence-corrected chi connectivity index (χ1v) is 7.53. The topological polar surface area (TPSA) is 96.3 Å². The molecule has 0 bridgehead atoms. The number of carbonyl (C=O) groups is 3.